The van der Waals surface area contributed by atoms with Crippen molar-refractivity contribution >= 4 is 5.91 Å². The van der Waals surface area contributed by atoms with E-state index in [1.807, 2.05) is 63.2 Å². The van der Waals surface area contributed by atoms with Gasteiger partial charge in [-0.3, -0.25) is 4.79 Å². The highest BCUT2D eigenvalue weighted by Crippen LogP contribution is 2.29. The molecule has 5 heteroatoms. The fourth-order valence-electron chi connectivity index (χ4n) is 2.73. The van der Waals surface area contributed by atoms with Crippen LogP contribution in [-0.4, -0.2) is 26.2 Å². The Morgan fingerprint density at radius 1 is 1.08 bits per heavy atom. The highest BCUT2D eigenvalue weighted by atomic mass is 16.5. The molecule has 1 amide bonds. The molecule has 0 saturated heterocycles. The van der Waals surface area contributed by atoms with E-state index >= 15 is 0 Å². The third-order valence-electron chi connectivity index (χ3n) is 4.29. The molecule has 0 bridgehead atoms. The third-order valence-corrected chi connectivity index (χ3v) is 4.29. The molecule has 2 rings (SSSR count). The second-order valence-corrected chi connectivity index (χ2v) is 6.12. The van der Waals surface area contributed by atoms with Crippen LogP contribution in [0.15, 0.2) is 42.5 Å². The van der Waals surface area contributed by atoms with Crippen molar-refractivity contribution in [3.63, 3.8) is 0 Å². The Morgan fingerprint density at radius 3 is 2.42 bits per heavy atom. The predicted molar refractivity (Wildman–Crippen MR) is 102 cm³/mol. The molecule has 140 valence electrons. The second kappa shape index (κ2) is 9.13. The van der Waals surface area contributed by atoms with Crippen LogP contribution in [0.5, 0.6) is 17.2 Å². The molecule has 0 unspecified atom stereocenters. The van der Waals surface area contributed by atoms with E-state index in [4.69, 9.17) is 14.2 Å². The quantitative estimate of drug-likeness (QED) is 0.774. The second-order valence-electron chi connectivity index (χ2n) is 6.12. The minimum Gasteiger partial charge on any atom is -0.497 e. The molecule has 0 fully saturated rings. The smallest absolute Gasteiger partial charge is 0.261 e. The lowest BCUT2D eigenvalue weighted by Gasteiger charge is -2.22. The summed E-state index contributed by atoms with van der Waals surface area (Å²) in [4.78, 5) is 12.7. The number of amides is 1. The average Bonchev–Trinajstić information content (AvgIpc) is 2.66. The molecule has 5 nitrogen and oxygen atoms in total. The predicted octanol–water partition coefficient (Wildman–Crippen LogP) is 4.05. The van der Waals surface area contributed by atoms with Crippen molar-refractivity contribution in [2.24, 2.45) is 0 Å². The largest absolute Gasteiger partial charge is 0.497 e. The molecular weight excluding hydrogens is 330 g/mol. The standard InChI is InChI=1S/C21H27NO4/c1-6-18(26-19-10-8-7-9-14(19)2)21(23)22-15(3)17-13-16(24-4)11-12-20(17)25-5/h7-13,15,18H,6H2,1-5H3,(H,22,23)/t15-,18-/m0/s1. The molecule has 2 aromatic carbocycles. The van der Waals surface area contributed by atoms with Crippen molar-refractivity contribution in [2.75, 3.05) is 14.2 Å². The molecule has 0 aliphatic rings. The number of aryl methyl sites for hydroxylation is 1. The summed E-state index contributed by atoms with van der Waals surface area (Å²) in [5.74, 6) is 1.98. The first-order chi connectivity index (χ1) is 12.5. The molecule has 1 N–H and O–H groups in total. The summed E-state index contributed by atoms with van der Waals surface area (Å²) in [5.41, 5.74) is 1.85. The molecule has 2 atom stereocenters. The zero-order valence-electron chi connectivity index (χ0n) is 16.0. The van der Waals surface area contributed by atoms with Crippen molar-refractivity contribution in [3.05, 3.63) is 53.6 Å². The highest BCUT2D eigenvalue weighted by molar-refractivity contribution is 5.81. The van der Waals surface area contributed by atoms with Crippen molar-refractivity contribution < 1.29 is 19.0 Å². The first kappa shape index (κ1) is 19.6. The minimum absolute atomic E-state index is 0.159. The number of benzene rings is 2. The van der Waals surface area contributed by atoms with E-state index in [1.54, 1.807) is 14.2 Å². The van der Waals surface area contributed by atoms with Gasteiger partial charge < -0.3 is 19.5 Å². The summed E-state index contributed by atoms with van der Waals surface area (Å²) in [6, 6.07) is 13.0. The summed E-state index contributed by atoms with van der Waals surface area (Å²) in [5, 5.41) is 3.01. The van der Waals surface area contributed by atoms with Gasteiger partial charge in [0.05, 0.1) is 20.3 Å². The molecule has 0 aliphatic carbocycles. The summed E-state index contributed by atoms with van der Waals surface area (Å²) >= 11 is 0. The van der Waals surface area contributed by atoms with E-state index in [-0.39, 0.29) is 11.9 Å². The number of rotatable bonds is 8. The van der Waals surface area contributed by atoms with Gasteiger partial charge in [0, 0.05) is 5.56 Å². The number of carbonyl (C=O) groups excluding carboxylic acids is 1. The molecule has 2 aromatic rings. The Balaban J connectivity index is 2.13. The van der Waals surface area contributed by atoms with Crippen molar-refractivity contribution in [3.8, 4) is 17.2 Å². The third kappa shape index (κ3) is 4.69. The summed E-state index contributed by atoms with van der Waals surface area (Å²) in [7, 11) is 3.22. The van der Waals surface area contributed by atoms with E-state index in [0.717, 1.165) is 16.9 Å². The minimum atomic E-state index is -0.560. The lowest BCUT2D eigenvalue weighted by Crippen LogP contribution is -2.39. The van der Waals surface area contributed by atoms with Crippen LogP contribution in [0.2, 0.25) is 0 Å². The fraction of sp³-hybridized carbons (Fsp3) is 0.381. The number of nitrogens with one attached hydrogen (secondary N) is 1. The Morgan fingerprint density at radius 2 is 1.81 bits per heavy atom. The molecule has 0 heterocycles. The zero-order chi connectivity index (χ0) is 19.1. The number of hydrogen-bond donors (Lipinski definition) is 1. The van der Waals surface area contributed by atoms with Gasteiger partial charge in [-0.1, -0.05) is 25.1 Å². The van der Waals surface area contributed by atoms with Crippen molar-refractivity contribution in [1.29, 1.82) is 0 Å². The Bertz CT molecular complexity index is 745. The van der Waals surface area contributed by atoms with Crippen LogP contribution < -0.4 is 19.5 Å². The zero-order valence-corrected chi connectivity index (χ0v) is 16.0. The van der Waals surface area contributed by atoms with Gasteiger partial charge in [-0.05, 0) is 50.1 Å². The monoisotopic (exact) mass is 357 g/mol. The van der Waals surface area contributed by atoms with E-state index in [2.05, 4.69) is 5.32 Å². The lowest BCUT2D eigenvalue weighted by molar-refractivity contribution is -0.128. The van der Waals surface area contributed by atoms with Gasteiger partial charge in [0.1, 0.15) is 17.2 Å². The van der Waals surface area contributed by atoms with Gasteiger partial charge in [0.15, 0.2) is 6.10 Å². The normalized spacial score (nSPS) is 12.8. The van der Waals surface area contributed by atoms with Crippen LogP contribution in [0.1, 0.15) is 37.4 Å². The number of carbonyl (C=O) groups is 1. The first-order valence-electron chi connectivity index (χ1n) is 8.74. The summed E-state index contributed by atoms with van der Waals surface area (Å²) in [6.45, 7) is 5.80. The highest BCUT2D eigenvalue weighted by Gasteiger charge is 2.23. The number of methoxy groups -OCH3 is 2. The Labute approximate surface area is 155 Å². The molecule has 26 heavy (non-hydrogen) atoms. The van der Waals surface area contributed by atoms with Gasteiger partial charge in [0.25, 0.3) is 5.91 Å². The number of hydrogen-bond acceptors (Lipinski definition) is 4. The summed E-state index contributed by atoms with van der Waals surface area (Å²) in [6.07, 6.45) is 0.0115. The van der Waals surface area contributed by atoms with Crippen molar-refractivity contribution in [2.45, 2.75) is 39.3 Å². The maximum absolute atomic E-state index is 12.7. The average molecular weight is 357 g/mol. The maximum Gasteiger partial charge on any atom is 0.261 e. The molecule has 0 aromatic heterocycles. The number of ether oxygens (including phenoxy) is 3. The van der Waals surface area contributed by atoms with E-state index < -0.39 is 6.10 Å². The Kier molecular flexibility index (Phi) is 6.89. The van der Waals surface area contributed by atoms with Crippen LogP contribution in [-0.2, 0) is 4.79 Å². The molecule has 0 aliphatic heterocycles. The summed E-state index contributed by atoms with van der Waals surface area (Å²) < 4.78 is 16.6. The number of para-hydroxylation sites is 1. The molecule has 0 saturated carbocycles. The van der Waals surface area contributed by atoms with E-state index in [9.17, 15) is 4.79 Å². The van der Waals surface area contributed by atoms with Gasteiger partial charge in [-0.15, -0.1) is 0 Å². The van der Waals surface area contributed by atoms with Crippen LogP contribution in [0.25, 0.3) is 0 Å². The van der Waals surface area contributed by atoms with Crippen LogP contribution in [0.3, 0.4) is 0 Å². The van der Waals surface area contributed by atoms with E-state index in [0.29, 0.717) is 17.9 Å². The first-order valence-corrected chi connectivity index (χ1v) is 8.74. The molecule has 0 spiro atoms. The van der Waals surface area contributed by atoms with Crippen LogP contribution in [0, 0.1) is 6.92 Å². The SMILES string of the molecule is CC[C@H](Oc1ccccc1C)C(=O)N[C@@H](C)c1cc(OC)ccc1OC. The van der Waals surface area contributed by atoms with Gasteiger partial charge in [-0.2, -0.15) is 0 Å². The fourth-order valence-corrected chi connectivity index (χ4v) is 2.73. The lowest BCUT2D eigenvalue weighted by atomic mass is 10.1. The van der Waals surface area contributed by atoms with E-state index in [1.165, 1.54) is 0 Å². The molecule has 0 radical (unpaired) electrons. The van der Waals surface area contributed by atoms with Crippen LogP contribution >= 0.6 is 0 Å². The van der Waals surface area contributed by atoms with Crippen LogP contribution in [0.4, 0.5) is 0 Å². The van der Waals surface area contributed by atoms with Crippen molar-refractivity contribution in [1.82, 2.24) is 5.32 Å². The van der Waals surface area contributed by atoms with Gasteiger partial charge >= 0.3 is 0 Å². The van der Waals surface area contributed by atoms with Gasteiger partial charge in [0.2, 0.25) is 0 Å². The molecular formula is C21H27NO4. The topological polar surface area (TPSA) is 56.8 Å². The van der Waals surface area contributed by atoms with Gasteiger partial charge in [-0.25, -0.2) is 0 Å². The maximum atomic E-state index is 12.7. The Hall–Kier alpha value is -2.69.